The molecule has 0 bridgehead atoms. The van der Waals surface area contributed by atoms with Gasteiger partial charge in [-0.25, -0.2) is 18.7 Å². The van der Waals surface area contributed by atoms with Gasteiger partial charge in [-0.1, -0.05) is 12.1 Å². The van der Waals surface area contributed by atoms with E-state index in [1.165, 1.54) is 0 Å². The van der Waals surface area contributed by atoms with Gasteiger partial charge in [-0.2, -0.15) is 0 Å². The van der Waals surface area contributed by atoms with E-state index in [4.69, 9.17) is 9.72 Å². The molecule has 2 aromatic heterocycles. The van der Waals surface area contributed by atoms with Gasteiger partial charge in [0, 0.05) is 42.1 Å². The van der Waals surface area contributed by atoms with E-state index < -0.39 is 11.6 Å². The summed E-state index contributed by atoms with van der Waals surface area (Å²) in [5.41, 5.74) is 2.65. The minimum atomic E-state index is -0.911. The molecule has 1 fully saturated rings. The third kappa shape index (κ3) is 3.83. The first-order chi connectivity index (χ1) is 15.1. The number of benzene rings is 2. The first-order valence-corrected chi connectivity index (χ1v) is 11.0. The molecule has 3 heterocycles. The van der Waals surface area contributed by atoms with Gasteiger partial charge in [-0.3, -0.25) is 4.98 Å². The summed E-state index contributed by atoms with van der Waals surface area (Å²) in [6.07, 6.45) is 3.51. The molecular weight excluding hydrogens is 418 g/mol. The summed E-state index contributed by atoms with van der Waals surface area (Å²) in [7, 11) is 1.67. The summed E-state index contributed by atoms with van der Waals surface area (Å²) in [6, 6.07) is 10.1. The second-order valence-electron chi connectivity index (χ2n) is 7.52. The molecule has 0 saturated carbocycles. The van der Waals surface area contributed by atoms with Crippen LogP contribution in [0.5, 0.6) is 5.75 Å². The molecule has 0 aliphatic carbocycles. The predicted octanol–water partition coefficient (Wildman–Crippen LogP) is 5.42. The number of hydrogen-bond acceptors (Lipinski definition) is 6. The van der Waals surface area contributed by atoms with E-state index in [0.717, 1.165) is 60.1 Å². The number of halogens is 2. The van der Waals surface area contributed by atoms with Gasteiger partial charge >= 0.3 is 0 Å². The van der Waals surface area contributed by atoms with Crippen LogP contribution in [-0.2, 0) is 0 Å². The Morgan fingerprint density at radius 3 is 2.55 bits per heavy atom. The molecule has 0 radical (unpaired) electrons. The van der Waals surface area contributed by atoms with E-state index in [9.17, 15) is 8.78 Å². The molecule has 5 rings (SSSR count). The van der Waals surface area contributed by atoms with Gasteiger partial charge in [0.15, 0.2) is 11.6 Å². The molecule has 0 amide bonds. The van der Waals surface area contributed by atoms with Gasteiger partial charge in [0.1, 0.15) is 11.6 Å². The zero-order chi connectivity index (χ0) is 21.4. The Labute approximate surface area is 182 Å². The van der Waals surface area contributed by atoms with Crippen molar-refractivity contribution in [3.8, 4) is 17.0 Å². The van der Waals surface area contributed by atoms with Crippen LogP contribution < -0.4 is 9.64 Å². The topological polar surface area (TPSA) is 51.1 Å². The van der Waals surface area contributed by atoms with E-state index in [-0.39, 0.29) is 0 Å². The molecule has 1 saturated heterocycles. The van der Waals surface area contributed by atoms with Crippen LogP contribution in [0.2, 0.25) is 0 Å². The Balaban J connectivity index is 1.30. The van der Waals surface area contributed by atoms with Crippen molar-refractivity contribution in [2.45, 2.75) is 18.8 Å². The van der Waals surface area contributed by atoms with Crippen molar-refractivity contribution in [1.29, 1.82) is 0 Å². The normalized spacial score (nSPS) is 14.9. The molecule has 0 atom stereocenters. The minimum Gasteiger partial charge on any atom is -0.496 e. The van der Waals surface area contributed by atoms with E-state index in [1.54, 1.807) is 24.6 Å². The van der Waals surface area contributed by atoms with Crippen LogP contribution in [0.4, 0.5) is 14.6 Å². The minimum absolute atomic E-state index is 0.351. The van der Waals surface area contributed by atoms with Crippen molar-refractivity contribution in [1.82, 2.24) is 15.0 Å². The molecule has 0 spiro atoms. The van der Waals surface area contributed by atoms with E-state index in [0.29, 0.717) is 22.8 Å². The largest absolute Gasteiger partial charge is 0.496 e. The number of piperidine rings is 1. The second kappa shape index (κ2) is 8.19. The molecular formula is C23H20F2N4OS. The van der Waals surface area contributed by atoms with Gasteiger partial charge in [0.25, 0.3) is 0 Å². The zero-order valence-electron chi connectivity index (χ0n) is 16.9. The molecule has 158 valence electrons. The lowest BCUT2D eigenvalue weighted by atomic mass is 9.97. The van der Waals surface area contributed by atoms with Gasteiger partial charge in [0.05, 0.1) is 35.0 Å². The highest BCUT2D eigenvalue weighted by Crippen LogP contribution is 2.36. The molecule has 31 heavy (non-hydrogen) atoms. The average Bonchev–Trinajstić information content (AvgIpc) is 3.30. The lowest BCUT2D eigenvalue weighted by Gasteiger charge is -2.31. The van der Waals surface area contributed by atoms with E-state index >= 15 is 0 Å². The van der Waals surface area contributed by atoms with Crippen LogP contribution in [0.1, 0.15) is 23.8 Å². The number of nitrogens with zero attached hydrogens (tertiary/aromatic N) is 4. The zero-order valence-corrected chi connectivity index (χ0v) is 17.7. The molecule has 8 heteroatoms. The number of aromatic nitrogens is 3. The van der Waals surface area contributed by atoms with Crippen LogP contribution >= 0.6 is 11.3 Å². The van der Waals surface area contributed by atoms with E-state index in [2.05, 4.69) is 20.2 Å². The Morgan fingerprint density at radius 1 is 1.03 bits per heavy atom. The van der Waals surface area contributed by atoms with E-state index in [1.807, 2.05) is 24.3 Å². The van der Waals surface area contributed by atoms with Crippen LogP contribution in [-0.4, -0.2) is 35.2 Å². The highest BCUT2D eigenvalue weighted by molar-refractivity contribution is 7.10. The molecule has 5 nitrogen and oxygen atoms in total. The summed E-state index contributed by atoms with van der Waals surface area (Å²) in [6.45, 7) is 1.61. The Morgan fingerprint density at radius 2 is 1.77 bits per heavy atom. The lowest BCUT2D eigenvalue weighted by molar-refractivity contribution is 0.416. The predicted molar refractivity (Wildman–Crippen MR) is 118 cm³/mol. The van der Waals surface area contributed by atoms with Crippen LogP contribution in [0, 0.1) is 11.6 Å². The first-order valence-electron chi connectivity index (χ1n) is 10.1. The molecule has 1 aliphatic heterocycles. The number of methoxy groups -OCH3 is 1. The van der Waals surface area contributed by atoms with Gasteiger partial charge in [0.2, 0.25) is 0 Å². The van der Waals surface area contributed by atoms with Crippen LogP contribution in [0.15, 0.2) is 48.0 Å². The Hall–Kier alpha value is -3.13. The number of ether oxygens (including phenoxy) is 1. The third-order valence-corrected chi connectivity index (χ3v) is 6.65. The fourth-order valence-corrected chi connectivity index (χ4v) is 4.95. The smallest absolute Gasteiger partial charge is 0.161 e. The van der Waals surface area contributed by atoms with Gasteiger partial charge < -0.3 is 9.64 Å². The maximum Gasteiger partial charge on any atom is 0.161 e. The fourth-order valence-electron chi connectivity index (χ4n) is 3.96. The standard InChI is InChI=1S/C23H20F2N4OS/c1-30-21-5-3-2-4-15(21)20-13-31-23(28-20)14-6-8-29(9-7-14)22-12-26-18-10-16(24)17(25)11-19(18)27-22/h2-5,10-14H,6-9H2,1H3. The SMILES string of the molecule is COc1ccccc1-c1csc(C2CCN(c3cnc4cc(F)c(F)cc4n3)CC2)n1. The molecule has 1 aliphatic rings. The average molecular weight is 439 g/mol. The summed E-state index contributed by atoms with van der Waals surface area (Å²) in [5.74, 6) is 0.0643. The van der Waals surface area contributed by atoms with Gasteiger partial charge in [-0.05, 0) is 25.0 Å². The molecule has 0 N–H and O–H groups in total. The van der Waals surface area contributed by atoms with Crippen molar-refractivity contribution >= 4 is 28.2 Å². The number of para-hydroxylation sites is 1. The highest BCUT2D eigenvalue weighted by atomic mass is 32.1. The van der Waals surface area contributed by atoms with Crippen molar-refractivity contribution in [3.63, 3.8) is 0 Å². The van der Waals surface area contributed by atoms with Crippen molar-refractivity contribution in [2.24, 2.45) is 0 Å². The van der Waals surface area contributed by atoms with Crippen molar-refractivity contribution in [2.75, 3.05) is 25.1 Å². The summed E-state index contributed by atoms with van der Waals surface area (Å²) in [5, 5.41) is 3.21. The number of thiazole rings is 1. The maximum atomic E-state index is 13.6. The molecule has 2 aromatic carbocycles. The number of anilines is 1. The monoisotopic (exact) mass is 438 g/mol. The quantitative estimate of drug-likeness (QED) is 0.426. The van der Waals surface area contributed by atoms with Gasteiger partial charge in [-0.15, -0.1) is 11.3 Å². The second-order valence-corrected chi connectivity index (χ2v) is 8.41. The van der Waals surface area contributed by atoms with Crippen molar-refractivity contribution < 1.29 is 13.5 Å². The summed E-state index contributed by atoms with van der Waals surface area (Å²) >= 11 is 1.68. The Kier molecular flexibility index (Phi) is 5.23. The van der Waals surface area contributed by atoms with Crippen LogP contribution in [0.25, 0.3) is 22.3 Å². The van der Waals surface area contributed by atoms with Crippen molar-refractivity contribution in [3.05, 3.63) is 64.6 Å². The fraction of sp³-hybridized carbons (Fsp3) is 0.261. The summed E-state index contributed by atoms with van der Waals surface area (Å²) in [4.78, 5) is 15.8. The highest BCUT2D eigenvalue weighted by Gasteiger charge is 2.25. The third-order valence-electron chi connectivity index (χ3n) is 5.64. The lowest BCUT2D eigenvalue weighted by Crippen LogP contribution is -2.33. The maximum absolute atomic E-state index is 13.6. The van der Waals surface area contributed by atoms with Crippen LogP contribution in [0.3, 0.4) is 0 Å². The number of rotatable bonds is 4. The Bertz CT molecular complexity index is 1240. The first kappa shape index (κ1) is 19.8. The number of hydrogen-bond donors (Lipinski definition) is 0. The number of fused-ring (bicyclic) bond motifs is 1. The molecule has 0 unspecified atom stereocenters. The summed E-state index contributed by atoms with van der Waals surface area (Å²) < 4.78 is 32.4. The molecule has 4 aromatic rings.